The average molecular weight is 249 g/mol. The second kappa shape index (κ2) is 6.93. The van der Waals surface area contributed by atoms with Crippen LogP contribution >= 0.6 is 0 Å². The Balaban J connectivity index is 1.98. The summed E-state index contributed by atoms with van der Waals surface area (Å²) in [6.07, 6.45) is 11.6. The van der Waals surface area contributed by atoms with E-state index in [2.05, 4.69) is 29.1 Å². The van der Waals surface area contributed by atoms with Crippen molar-refractivity contribution in [3.05, 3.63) is 17.7 Å². The van der Waals surface area contributed by atoms with Gasteiger partial charge in [-0.3, -0.25) is 0 Å². The van der Waals surface area contributed by atoms with Crippen molar-refractivity contribution in [2.24, 2.45) is 0 Å². The highest BCUT2D eigenvalue weighted by Crippen LogP contribution is 2.29. The molecular weight excluding hydrogens is 222 g/mol. The molecule has 3 nitrogen and oxygen atoms in total. The van der Waals surface area contributed by atoms with E-state index in [4.69, 9.17) is 0 Å². The largest absolute Gasteiger partial charge is 0.344 e. The molecule has 1 aliphatic carbocycles. The molecule has 1 aliphatic rings. The van der Waals surface area contributed by atoms with Crippen molar-refractivity contribution < 1.29 is 0 Å². The zero-order valence-corrected chi connectivity index (χ0v) is 11.8. The predicted octanol–water partition coefficient (Wildman–Crippen LogP) is 3.91. The van der Waals surface area contributed by atoms with Gasteiger partial charge < -0.3 is 10.3 Å². The Hall–Kier alpha value is -0.830. The van der Waals surface area contributed by atoms with Gasteiger partial charge in [-0.1, -0.05) is 39.0 Å². The standard InChI is InChI=1S/C15H27N3/c1-3-16-12(2)14-11-17-15(18-14)13-9-7-5-4-6-8-10-13/h11-13,16H,3-10H2,1-2H3,(H,17,18). The van der Waals surface area contributed by atoms with Gasteiger partial charge in [0.2, 0.25) is 0 Å². The number of rotatable bonds is 4. The Morgan fingerprint density at radius 2 is 1.94 bits per heavy atom. The molecule has 3 heteroatoms. The highest BCUT2D eigenvalue weighted by atomic mass is 15.0. The molecule has 2 rings (SSSR count). The lowest BCUT2D eigenvalue weighted by Crippen LogP contribution is -2.18. The van der Waals surface area contributed by atoms with Crippen LogP contribution in [0.3, 0.4) is 0 Å². The van der Waals surface area contributed by atoms with Gasteiger partial charge in [0.05, 0.1) is 5.69 Å². The second-order valence-electron chi connectivity index (χ2n) is 5.55. The van der Waals surface area contributed by atoms with Crippen molar-refractivity contribution in [3.8, 4) is 0 Å². The molecular formula is C15H27N3. The molecule has 102 valence electrons. The van der Waals surface area contributed by atoms with E-state index in [1.807, 2.05) is 6.20 Å². The predicted molar refractivity (Wildman–Crippen MR) is 75.7 cm³/mol. The third-order valence-corrected chi connectivity index (χ3v) is 4.08. The van der Waals surface area contributed by atoms with E-state index >= 15 is 0 Å². The minimum Gasteiger partial charge on any atom is -0.344 e. The fourth-order valence-corrected chi connectivity index (χ4v) is 2.92. The first-order valence-electron chi connectivity index (χ1n) is 7.59. The molecule has 1 unspecified atom stereocenters. The highest BCUT2D eigenvalue weighted by Gasteiger charge is 2.17. The zero-order valence-electron chi connectivity index (χ0n) is 11.8. The molecule has 0 radical (unpaired) electrons. The number of aromatic amines is 1. The van der Waals surface area contributed by atoms with Crippen molar-refractivity contribution in [1.82, 2.24) is 15.3 Å². The van der Waals surface area contributed by atoms with Crippen LogP contribution in [0.25, 0.3) is 0 Å². The topological polar surface area (TPSA) is 40.7 Å². The normalized spacial score (nSPS) is 20.3. The van der Waals surface area contributed by atoms with Crippen LogP contribution in [0.2, 0.25) is 0 Å². The van der Waals surface area contributed by atoms with Gasteiger partial charge in [-0.25, -0.2) is 4.98 Å². The van der Waals surface area contributed by atoms with Crippen LogP contribution in [-0.2, 0) is 0 Å². The molecule has 0 bridgehead atoms. The fourth-order valence-electron chi connectivity index (χ4n) is 2.92. The number of nitrogens with zero attached hydrogens (tertiary/aromatic N) is 1. The second-order valence-corrected chi connectivity index (χ2v) is 5.55. The molecule has 1 atom stereocenters. The van der Waals surface area contributed by atoms with Gasteiger partial charge in [0.15, 0.2) is 0 Å². The van der Waals surface area contributed by atoms with Crippen molar-refractivity contribution in [2.75, 3.05) is 6.54 Å². The summed E-state index contributed by atoms with van der Waals surface area (Å²) in [5, 5.41) is 3.43. The Morgan fingerprint density at radius 3 is 2.61 bits per heavy atom. The summed E-state index contributed by atoms with van der Waals surface area (Å²) in [4.78, 5) is 8.16. The molecule has 0 aliphatic heterocycles. The minimum atomic E-state index is 0.379. The molecule has 2 N–H and O–H groups in total. The van der Waals surface area contributed by atoms with Gasteiger partial charge in [-0.2, -0.15) is 0 Å². The summed E-state index contributed by atoms with van der Waals surface area (Å²) in [5.41, 5.74) is 1.23. The maximum absolute atomic E-state index is 4.62. The van der Waals surface area contributed by atoms with E-state index in [1.54, 1.807) is 0 Å². The van der Waals surface area contributed by atoms with Gasteiger partial charge in [0.25, 0.3) is 0 Å². The highest BCUT2D eigenvalue weighted by molar-refractivity contribution is 5.09. The summed E-state index contributed by atoms with van der Waals surface area (Å²) in [7, 11) is 0. The van der Waals surface area contributed by atoms with Crippen LogP contribution in [0.4, 0.5) is 0 Å². The number of H-pyrrole nitrogens is 1. The average Bonchev–Trinajstić information content (AvgIpc) is 2.78. The Bertz CT molecular complexity index is 337. The van der Waals surface area contributed by atoms with E-state index < -0.39 is 0 Å². The molecule has 0 spiro atoms. The van der Waals surface area contributed by atoms with Crippen molar-refractivity contribution >= 4 is 0 Å². The van der Waals surface area contributed by atoms with E-state index in [0.717, 1.165) is 6.54 Å². The molecule has 0 aromatic carbocycles. The first-order chi connectivity index (χ1) is 8.81. The molecule has 1 aromatic rings. The SMILES string of the molecule is CCNC(C)c1cnc(C2CCCCCCC2)[nH]1. The molecule has 0 saturated heterocycles. The van der Waals surface area contributed by atoms with E-state index in [0.29, 0.717) is 12.0 Å². The van der Waals surface area contributed by atoms with Crippen LogP contribution in [0, 0.1) is 0 Å². The van der Waals surface area contributed by atoms with Gasteiger partial charge in [-0.05, 0) is 26.3 Å². The maximum atomic E-state index is 4.62. The lowest BCUT2D eigenvalue weighted by Gasteiger charge is -2.17. The molecule has 1 aromatic heterocycles. The summed E-state index contributed by atoms with van der Waals surface area (Å²) in [5.74, 6) is 1.88. The van der Waals surface area contributed by atoms with Gasteiger partial charge in [-0.15, -0.1) is 0 Å². The third-order valence-electron chi connectivity index (χ3n) is 4.08. The quantitative estimate of drug-likeness (QED) is 0.849. The smallest absolute Gasteiger partial charge is 0.109 e. The van der Waals surface area contributed by atoms with Crippen molar-refractivity contribution in [1.29, 1.82) is 0 Å². The molecule has 18 heavy (non-hydrogen) atoms. The number of nitrogens with one attached hydrogen (secondary N) is 2. The summed E-state index contributed by atoms with van der Waals surface area (Å²) >= 11 is 0. The molecule has 1 heterocycles. The lowest BCUT2D eigenvalue weighted by atomic mass is 9.91. The minimum absolute atomic E-state index is 0.379. The van der Waals surface area contributed by atoms with Crippen LogP contribution in [0.15, 0.2) is 6.20 Å². The first kappa shape index (κ1) is 13.6. The number of hydrogen-bond donors (Lipinski definition) is 2. The van der Waals surface area contributed by atoms with Crippen molar-refractivity contribution in [2.45, 2.75) is 70.8 Å². The fraction of sp³-hybridized carbons (Fsp3) is 0.800. The van der Waals surface area contributed by atoms with Crippen LogP contribution < -0.4 is 5.32 Å². The molecule has 0 amide bonds. The van der Waals surface area contributed by atoms with E-state index in [1.165, 1.54) is 56.5 Å². The van der Waals surface area contributed by atoms with Gasteiger partial charge in [0.1, 0.15) is 5.82 Å². The monoisotopic (exact) mass is 249 g/mol. The van der Waals surface area contributed by atoms with Crippen LogP contribution in [-0.4, -0.2) is 16.5 Å². The number of aromatic nitrogens is 2. The van der Waals surface area contributed by atoms with Crippen LogP contribution in [0.5, 0.6) is 0 Å². The summed E-state index contributed by atoms with van der Waals surface area (Å²) in [6, 6.07) is 0.379. The van der Waals surface area contributed by atoms with Crippen molar-refractivity contribution in [3.63, 3.8) is 0 Å². The third kappa shape index (κ3) is 3.58. The number of hydrogen-bond acceptors (Lipinski definition) is 2. The Labute approximate surface area is 111 Å². The summed E-state index contributed by atoms with van der Waals surface area (Å²) < 4.78 is 0. The van der Waals surface area contributed by atoms with Gasteiger partial charge >= 0.3 is 0 Å². The zero-order chi connectivity index (χ0) is 12.8. The Kier molecular flexibility index (Phi) is 5.24. The van der Waals surface area contributed by atoms with E-state index in [-0.39, 0.29) is 0 Å². The molecule has 1 saturated carbocycles. The first-order valence-corrected chi connectivity index (χ1v) is 7.59. The van der Waals surface area contributed by atoms with E-state index in [9.17, 15) is 0 Å². The summed E-state index contributed by atoms with van der Waals surface area (Å²) in [6.45, 7) is 5.33. The molecule has 1 fully saturated rings. The number of imidazole rings is 1. The Morgan fingerprint density at radius 1 is 1.28 bits per heavy atom. The maximum Gasteiger partial charge on any atom is 0.109 e. The van der Waals surface area contributed by atoms with Crippen LogP contribution in [0.1, 0.15) is 82.3 Å². The van der Waals surface area contributed by atoms with Gasteiger partial charge in [0, 0.05) is 18.2 Å². The lowest BCUT2D eigenvalue weighted by molar-refractivity contribution is 0.443.